The van der Waals surface area contributed by atoms with Crippen molar-refractivity contribution in [2.45, 2.75) is 13.3 Å². The second-order valence-corrected chi connectivity index (χ2v) is 10.2. The van der Waals surface area contributed by atoms with Crippen LogP contribution in [0.15, 0.2) is 59.9 Å². The molecule has 10 heteroatoms. The largest absolute Gasteiger partial charge is 0.480 e. The Balaban J connectivity index is 1.45. The Morgan fingerprint density at radius 3 is 2.64 bits per heavy atom. The van der Waals surface area contributed by atoms with Gasteiger partial charge in [0.15, 0.2) is 23.3 Å². The summed E-state index contributed by atoms with van der Waals surface area (Å²) in [6, 6.07) is 11.0. The van der Waals surface area contributed by atoms with Crippen LogP contribution in [0.25, 0.3) is 22.2 Å². The summed E-state index contributed by atoms with van der Waals surface area (Å²) in [5.74, 6) is -1.88. The summed E-state index contributed by atoms with van der Waals surface area (Å²) < 4.78 is 41.7. The summed E-state index contributed by atoms with van der Waals surface area (Å²) in [6.45, 7) is 2.43. The fourth-order valence-corrected chi connectivity index (χ4v) is 4.34. The van der Waals surface area contributed by atoms with Crippen molar-refractivity contribution in [2.75, 3.05) is 33.9 Å². The zero-order valence-electron chi connectivity index (χ0n) is 21.8. The summed E-state index contributed by atoms with van der Waals surface area (Å²) in [5.41, 5.74) is 2.22. The van der Waals surface area contributed by atoms with Gasteiger partial charge < -0.3 is 24.5 Å². The average molecular weight is 535 g/mol. The normalized spacial score (nSPS) is 17.0. The maximum Gasteiger partial charge on any atom is 0.253 e. The number of nitrogens with zero attached hydrogens (tertiary/aromatic N) is 3. The van der Waals surface area contributed by atoms with Crippen LogP contribution >= 0.6 is 0 Å². The number of aliphatic imine (C=N–C) groups is 1. The van der Waals surface area contributed by atoms with Gasteiger partial charge in [-0.3, -0.25) is 9.79 Å². The number of aliphatic hydroxyl groups is 1. The Labute approximate surface area is 223 Å². The third-order valence-corrected chi connectivity index (χ3v) is 6.59. The molecule has 202 valence electrons. The molecule has 1 unspecified atom stereocenters. The molecule has 0 aliphatic carbocycles. The van der Waals surface area contributed by atoms with E-state index >= 15 is 8.78 Å². The van der Waals surface area contributed by atoms with Crippen LogP contribution in [0.3, 0.4) is 0 Å². The monoisotopic (exact) mass is 534 g/mol. The molecule has 2 N–H and O–H groups in total. The highest BCUT2D eigenvalue weighted by atomic mass is 19.1. The minimum absolute atomic E-state index is 0.0656. The van der Waals surface area contributed by atoms with E-state index in [1.165, 1.54) is 29.3 Å². The predicted octanol–water partition coefficient (Wildman–Crippen LogP) is 4.97. The van der Waals surface area contributed by atoms with Crippen LogP contribution in [-0.4, -0.2) is 65.6 Å². The van der Waals surface area contributed by atoms with E-state index in [9.17, 15) is 9.90 Å². The number of aromatic nitrogens is 2. The molecule has 1 amide bonds. The van der Waals surface area contributed by atoms with E-state index in [1.807, 2.05) is 13.0 Å². The maximum atomic E-state index is 15.2. The van der Waals surface area contributed by atoms with Crippen LogP contribution in [0.5, 0.6) is 11.5 Å². The topological polar surface area (TPSA) is 100 Å². The number of rotatable bonds is 7. The molecule has 1 aliphatic rings. The number of amides is 1. The number of fused-ring (bicyclic) bond motifs is 1. The Kier molecular flexibility index (Phi) is 7.05. The number of benzene rings is 2. The van der Waals surface area contributed by atoms with Crippen molar-refractivity contribution >= 4 is 22.8 Å². The van der Waals surface area contributed by atoms with E-state index in [0.717, 1.165) is 0 Å². The molecule has 0 spiro atoms. The van der Waals surface area contributed by atoms with Crippen LogP contribution in [-0.2, 0) is 11.2 Å². The Morgan fingerprint density at radius 2 is 1.97 bits per heavy atom. The number of H-pyrrole nitrogens is 1. The molecule has 2 aromatic carbocycles. The molecule has 39 heavy (non-hydrogen) atoms. The fraction of sp³-hybridized carbons (Fsp3) is 0.276. The van der Waals surface area contributed by atoms with Crippen molar-refractivity contribution in [1.29, 1.82) is 0 Å². The van der Waals surface area contributed by atoms with Gasteiger partial charge in [0.1, 0.15) is 11.4 Å². The number of aromatic amines is 1. The lowest BCUT2D eigenvalue weighted by Crippen LogP contribution is -2.36. The van der Waals surface area contributed by atoms with E-state index in [4.69, 9.17) is 9.47 Å². The summed E-state index contributed by atoms with van der Waals surface area (Å²) in [6.07, 6.45) is 3.30. The average Bonchev–Trinajstić information content (AvgIpc) is 3.37. The smallest absolute Gasteiger partial charge is 0.253 e. The maximum absolute atomic E-state index is 15.2. The van der Waals surface area contributed by atoms with Gasteiger partial charge >= 0.3 is 0 Å². The molecular formula is C29H28F2N4O4. The SMILES string of the molecule is CN(C)C(=O)c1cccc(-c2c[nH]c3nccc(Oc4c(F)cc(CC5=NCC(C)(CO)CO5)cc4F)c23)c1. The minimum Gasteiger partial charge on any atom is -0.480 e. The van der Waals surface area contributed by atoms with Crippen LogP contribution < -0.4 is 4.74 Å². The molecule has 1 aliphatic heterocycles. The van der Waals surface area contributed by atoms with E-state index in [0.29, 0.717) is 45.7 Å². The molecule has 3 heterocycles. The lowest BCUT2D eigenvalue weighted by atomic mass is 9.92. The van der Waals surface area contributed by atoms with E-state index in [2.05, 4.69) is 15.0 Å². The number of hydrogen-bond acceptors (Lipinski definition) is 6. The third kappa shape index (κ3) is 5.33. The second kappa shape index (κ2) is 10.5. The molecule has 1 atom stereocenters. The zero-order chi connectivity index (χ0) is 27.7. The molecule has 5 rings (SSSR count). The van der Waals surface area contributed by atoms with Crippen LogP contribution in [0.4, 0.5) is 8.78 Å². The molecule has 4 aromatic rings. The molecule has 2 aromatic heterocycles. The lowest BCUT2D eigenvalue weighted by Gasteiger charge is -2.30. The zero-order valence-corrected chi connectivity index (χ0v) is 21.8. The number of aliphatic hydroxyl groups excluding tert-OH is 1. The van der Waals surface area contributed by atoms with Gasteiger partial charge in [0.05, 0.1) is 25.1 Å². The lowest BCUT2D eigenvalue weighted by molar-refractivity contribution is 0.0690. The van der Waals surface area contributed by atoms with Gasteiger partial charge in [-0.25, -0.2) is 13.8 Å². The standard InChI is InChI=1S/C29H28F2N4O4/c1-29(15-36)14-34-24(38-16-29)11-17-9-21(30)26(22(31)10-17)39-23-7-8-32-27-25(23)20(13-33-27)18-5-4-6-19(12-18)28(37)35(2)3/h4-10,12-13,36H,11,14-16H2,1-3H3,(H,32,33). The van der Waals surface area contributed by atoms with Gasteiger partial charge in [0.2, 0.25) is 0 Å². The first-order chi connectivity index (χ1) is 18.7. The highest BCUT2D eigenvalue weighted by molar-refractivity contribution is 6.00. The molecule has 0 saturated carbocycles. The number of pyridine rings is 1. The minimum atomic E-state index is -0.873. The van der Waals surface area contributed by atoms with Crippen molar-refractivity contribution < 1.29 is 28.2 Å². The van der Waals surface area contributed by atoms with Crippen LogP contribution in [0, 0.1) is 17.0 Å². The van der Waals surface area contributed by atoms with Crippen molar-refractivity contribution in [3.8, 4) is 22.6 Å². The first-order valence-electron chi connectivity index (χ1n) is 12.4. The third-order valence-electron chi connectivity index (χ3n) is 6.59. The summed E-state index contributed by atoms with van der Waals surface area (Å²) >= 11 is 0. The quantitative estimate of drug-likeness (QED) is 0.349. The van der Waals surface area contributed by atoms with Crippen LogP contribution in [0.1, 0.15) is 22.8 Å². The molecule has 0 fully saturated rings. The first-order valence-corrected chi connectivity index (χ1v) is 12.4. The first kappa shape index (κ1) is 26.3. The van der Waals surface area contributed by atoms with Crippen molar-refractivity contribution in [3.05, 3.63) is 77.6 Å². The highest BCUT2D eigenvalue weighted by Crippen LogP contribution is 2.38. The number of carbonyl (C=O) groups excluding carboxylic acids is 1. The predicted molar refractivity (Wildman–Crippen MR) is 143 cm³/mol. The fourth-order valence-electron chi connectivity index (χ4n) is 4.34. The summed E-state index contributed by atoms with van der Waals surface area (Å²) in [4.78, 5) is 25.7. The van der Waals surface area contributed by atoms with E-state index < -0.39 is 22.8 Å². The van der Waals surface area contributed by atoms with Crippen molar-refractivity contribution in [1.82, 2.24) is 14.9 Å². The van der Waals surface area contributed by atoms with E-state index in [-0.39, 0.29) is 31.3 Å². The van der Waals surface area contributed by atoms with Gasteiger partial charge in [-0.1, -0.05) is 19.1 Å². The van der Waals surface area contributed by atoms with Gasteiger partial charge in [-0.05, 0) is 41.5 Å². The van der Waals surface area contributed by atoms with Gasteiger partial charge in [-0.2, -0.15) is 0 Å². The number of ether oxygens (including phenoxy) is 2. The van der Waals surface area contributed by atoms with Gasteiger partial charge in [0, 0.05) is 49.5 Å². The molecule has 8 nitrogen and oxygen atoms in total. The number of nitrogens with one attached hydrogen (secondary N) is 1. The van der Waals surface area contributed by atoms with Crippen molar-refractivity contribution in [3.63, 3.8) is 0 Å². The molecular weight excluding hydrogens is 506 g/mol. The van der Waals surface area contributed by atoms with E-state index in [1.54, 1.807) is 38.5 Å². The number of hydrogen-bond donors (Lipinski definition) is 2. The van der Waals surface area contributed by atoms with Gasteiger partial charge in [-0.15, -0.1) is 0 Å². The Bertz CT molecular complexity index is 1560. The number of carbonyl (C=O) groups is 1. The second-order valence-electron chi connectivity index (χ2n) is 10.2. The molecule has 0 bridgehead atoms. The van der Waals surface area contributed by atoms with Gasteiger partial charge in [0.25, 0.3) is 5.91 Å². The van der Waals surface area contributed by atoms with Crippen LogP contribution in [0.2, 0.25) is 0 Å². The Hall–Kier alpha value is -4.31. The van der Waals surface area contributed by atoms with Crippen molar-refractivity contribution in [2.24, 2.45) is 10.4 Å². The summed E-state index contributed by atoms with van der Waals surface area (Å²) in [7, 11) is 3.35. The highest BCUT2D eigenvalue weighted by Gasteiger charge is 2.29. The Morgan fingerprint density at radius 1 is 1.21 bits per heavy atom. The summed E-state index contributed by atoms with van der Waals surface area (Å²) in [5, 5.41) is 9.98. The molecule has 0 saturated heterocycles. The number of halogens is 2. The molecule has 0 radical (unpaired) electrons.